The summed E-state index contributed by atoms with van der Waals surface area (Å²) in [5.74, 6) is -0.513. The molecule has 2 N–H and O–H groups in total. The topological polar surface area (TPSA) is 101 Å². The van der Waals surface area contributed by atoms with Gasteiger partial charge in [-0.3, -0.25) is 4.79 Å². The van der Waals surface area contributed by atoms with Gasteiger partial charge in [-0.1, -0.05) is 11.8 Å². The summed E-state index contributed by atoms with van der Waals surface area (Å²) in [5.41, 5.74) is 1.25. The van der Waals surface area contributed by atoms with Crippen molar-refractivity contribution in [3.63, 3.8) is 0 Å². The number of rotatable bonds is 6. The van der Waals surface area contributed by atoms with Gasteiger partial charge >= 0.3 is 11.7 Å². The minimum Gasteiger partial charge on any atom is -0.462 e. The molecule has 0 aliphatic rings. The van der Waals surface area contributed by atoms with Crippen LogP contribution in [0.5, 0.6) is 0 Å². The number of aromatic nitrogens is 2. The van der Waals surface area contributed by atoms with Gasteiger partial charge < -0.3 is 15.0 Å². The third-order valence-corrected chi connectivity index (χ3v) is 3.80. The Labute approximate surface area is 142 Å². The van der Waals surface area contributed by atoms with Crippen molar-refractivity contribution in [2.24, 2.45) is 0 Å². The number of ether oxygens (including phenoxy) is 1. The summed E-state index contributed by atoms with van der Waals surface area (Å²) in [6.07, 6.45) is 0. The molecule has 0 atom stereocenters. The van der Waals surface area contributed by atoms with E-state index in [1.807, 2.05) is 0 Å². The number of hydrogen-bond donors (Lipinski definition) is 2. The Bertz CT molecular complexity index is 787. The number of anilines is 1. The molecule has 1 aromatic carbocycles. The van der Waals surface area contributed by atoms with Gasteiger partial charge in [0.15, 0.2) is 0 Å². The van der Waals surface area contributed by atoms with Crippen LogP contribution in [0.2, 0.25) is 0 Å². The summed E-state index contributed by atoms with van der Waals surface area (Å²) < 4.78 is 4.89. The molecule has 0 spiro atoms. The van der Waals surface area contributed by atoms with Crippen molar-refractivity contribution < 1.29 is 14.3 Å². The van der Waals surface area contributed by atoms with Crippen LogP contribution in [-0.2, 0) is 9.53 Å². The molecule has 1 amide bonds. The lowest BCUT2D eigenvalue weighted by Crippen LogP contribution is -2.16. The number of hydrogen-bond acceptors (Lipinski definition) is 6. The number of nitrogens with zero attached hydrogens (tertiary/aromatic N) is 1. The highest BCUT2D eigenvalue weighted by molar-refractivity contribution is 7.99. The van der Waals surface area contributed by atoms with Gasteiger partial charge in [0, 0.05) is 11.4 Å². The molecule has 0 saturated carbocycles. The summed E-state index contributed by atoms with van der Waals surface area (Å²) in [5, 5.41) is 3.20. The third-order valence-electron chi connectivity index (χ3n) is 2.89. The standard InChI is InChI=1S/C16H17N3O4S/c1-3-23-15(21)11-4-6-12(7-5-11)18-13(20)9-24-14-8-10(2)17-16(22)19-14/h4-8H,3,9H2,1-2H3,(H,18,20)(H,17,19,22). The normalized spacial score (nSPS) is 10.2. The van der Waals surface area contributed by atoms with Crippen molar-refractivity contribution in [1.82, 2.24) is 9.97 Å². The number of thioether (sulfide) groups is 1. The minimum atomic E-state index is -0.438. The van der Waals surface area contributed by atoms with Crippen molar-refractivity contribution in [2.75, 3.05) is 17.7 Å². The summed E-state index contributed by atoms with van der Waals surface area (Å²) in [7, 11) is 0. The van der Waals surface area contributed by atoms with Crippen LogP contribution in [0.1, 0.15) is 23.0 Å². The fraction of sp³-hybridized carbons (Fsp3) is 0.250. The van der Waals surface area contributed by atoms with Gasteiger partial charge in [0.2, 0.25) is 5.91 Å². The molecule has 0 saturated heterocycles. The van der Waals surface area contributed by atoms with Gasteiger partial charge in [-0.25, -0.2) is 9.59 Å². The average Bonchev–Trinajstić information content (AvgIpc) is 2.53. The SMILES string of the molecule is CCOC(=O)c1ccc(NC(=O)CSc2cc(C)[nH]c(=O)n2)cc1. The highest BCUT2D eigenvalue weighted by Crippen LogP contribution is 2.15. The molecular weight excluding hydrogens is 330 g/mol. The zero-order chi connectivity index (χ0) is 17.5. The lowest BCUT2D eigenvalue weighted by atomic mass is 10.2. The summed E-state index contributed by atoms with van der Waals surface area (Å²) in [6, 6.07) is 8.13. The number of carbonyl (C=O) groups is 2. The quantitative estimate of drug-likeness (QED) is 0.471. The minimum absolute atomic E-state index is 0.121. The van der Waals surface area contributed by atoms with E-state index in [4.69, 9.17) is 4.74 Å². The Kier molecular flexibility index (Phi) is 6.14. The highest BCUT2D eigenvalue weighted by Gasteiger charge is 2.08. The van der Waals surface area contributed by atoms with Gasteiger partial charge in [0.25, 0.3) is 0 Å². The van der Waals surface area contributed by atoms with Crippen molar-refractivity contribution in [3.05, 3.63) is 52.1 Å². The predicted molar refractivity (Wildman–Crippen MR) is 91.3 cm³/mol. The second-order valence-corrected chi connectivity index (χ2v) is 5.84. The maximum atomic E-state index is 11.9. The highest BCUT2D eigenvalue weighted by atomic mass is 32.2. The van der Waals surface area contributed by atoms with E-state index in [9.17, 15) is 14.4 Å². The number of aryl methyl sites for hydroxylation is 1. The predicted octanol–water partition coefficient (Wildman–Crippen LogP) is 1.99. The molecule has 126 valence electrons. The molecule has 2 rings (SSSR count). The smallest absolute Gasteiger partial charge is 0.346 e. The fourth-order valence-corrected chi connectivity index (χ4v) is 2.62. The number of esters is 1. The first kappa shape index (κ1) is 17.7. The number of amides is 1. The summed E-state index contributed by atoms with van der Waals surface area (Å²) >= 11 is 1.17. The molecule has 0 aliphatic heterocycles. The number of aromatic amines is 1. The van der Waals surface area contributed by atoms with Gasteiger partial charge in [0.05, 0.1) is 17.9 Å². The molecule has 24 heavy (non-hydrogen) atoms. The number of carbonyl (C=O) groups excluding carboxylic acids is 2. The second-order valence-electron chi connectivity index (χ2n) is 4.84. The zero-order valence-corrected chi connectivity index (χ0v) is 14.1. The van der Waals surface area contributed by atoms with Crippen molar-refractivity contribution in [2.45, 2.75) is 18.9 Å². The first-order valence-electron chi connectivity index (χ1n) is 7.25. The molecule has 0 unspecified atom stereocenters. The molecule has 2 aromatic rings. The van der Waals surface area contributed by atoms with E-state index < -0.39 is 11.7 Å². The van der Waals surface area contributed by atoms with Crippen LogP contribution in [-0.4, -0.2) is 34.2 Å². The average molecular weight is 347 g/mol. The molecular formula is C16H17N3O4S. The van der Waals surface area contributed by atoms with E-state index in [-0.39, 0.29) is 11.7 Å². The van der Waals surface area contributed by atoms with Crippen LogP contribution in [0.4, 0.5) is 5.69 Å². The van der Waals surface area contributed by atoms with Crippen molar-refractivity contribution in [3.8, 4) is 0 Å². The van der Waals surface area contributed by atoms with Crippen LogP contribution in [0.25, 0.3) is 0 Å². The molecule has 0 aliphatic carbocycles. The Morgan fingerprint density at radius 2 is 2.00 bits per heavy atom. The van der Waals surface area contributed by atoms with Crippen LogP contribution < -0.4 is 11.0 Å². The van der Waals surface area contributed by atoms with Gasteiger partial charge in [-0.2, -0.15) is 4.98 Å². The van der Waals surface area contributed by atoms with Crippen LogP contribution in [0, 0.1) is 6.92 Å². The van der Waals surface area contributed by atoms with E-state index in [2.05, 4.69) is 15.3 Å². The van der Waals surface area contributed by atoms with Crippen LogP contribution in [0.3, 0.4) is 0 Å². The Morgan fingerprint density at radius 3 is 2.62 bits per heavy atom. The van der Waals surface area contributed by atoms with Gasteiger partial charge in [-0.15, -0.1) is 0 Å². The number of H-pyrrole nitrogens is 1. The molecule has 0 fully saturated rings. The Hall–Kier alpha value is -2.61. The van der Waals surface area contributed by atoms with E-state index >= 15 is 0 Å². The van der Waals surface area contributed by atoms with E-state index in [1.54, 1.807) is 44.2 Å². The molecule has 1 heterocycles. The van der Waals surface area contributed by atoms with Gasteiger partial charge in [0.1, 0.15) is 5.03 Å². The molecule has 0 radical (unpaired) electrons. The maximum absolute atomic E-state index is 11.9. The fourth-order valence-electron chi connectivity index (χ4n) is 1.86. The maximum Gasteiger partial charge on any atom is 0.346 e. The van der Waals surface area contributed by atoms with Crippen molar-refractivity contribution in [1.29, 1.82) is 0 Å². The zero-order valence-electron chi connectivity index (χ0n) is 13.3. The van der Waals surface area contributed by atoms with E-state index in [0.717, 1.165) is 0 Å². The third kappa shape index (κ3) is 5.24. The Balaban J connectivity index is 1.90. The largest absolute Gasteiger partial charge is 0.462 e. The summed E-state index contributed by atoms with van der Waals surface area (Å²) in [4.78, 5) is 41.1. The Morgan fingerprint density at radius 1 is 1.29 bits per heavy atom. The first-order valence-corrected chi connectivity index (χ1v) is 8.24. The van der Waals surface area contributed by atoms with Gasteiger partial charge in [-0.05, 0) is 44.2 Å². The van der Waals surface area contributed by atoms with E-state index in [0.29, 0.717) is 28.6 Å². The lowest BCUT2D eigenvalue weighted by molar-refractivity contribution is -0.113. The van der Waals surface area contributed by atoms with Crippen molar-refractivity contribution >= 4 is 29.3 Å². The molecule has 1 aromatic heterocycles. The number of benzene rings is 1. The van der Waals surface area contributed by atoms with E-state index in [1.165, 1.54) is 11.8 Å². The molecule has 8 heteroatoms. The van der Waals surface area contributed by atoms with Crippen LogP contribution >= 0.6 is 11.8 Å². The number of nitrogens with one attached hydrogen (secondary N) is 2. The monoisotopic (exact) mass is 347 g/mol. The summed E-state index contributed by atoms with van der Waals surface area (Å²) in [6.45, 7) is 3.80. The molecule has 0 bridgehead atoms. The lowest BCUT2D eigenvalue weighted by Gasteiger charge is -2.06. The molecule has 7 nitrogen and oxygen atoms in total. The first-order chi connectivity index (χ1) is 11.5. The second kappa shape index (κ2) is 8.30. The van der Waals surface area contributed by atoms with Crippen LogP contribution in [0.15, 0.2) is 40.2 Å².